The van der Waals surface area contributed by atoms with Crippen LogP contribution in [0.3, 0.4) is 0 Å². The van der Waals surface area contributed by atoms with Crippen LogP contribution in [0.2, 0.25) is 0 Å². The van der Waals surface area contributed by atoms with E-state index in [-0.39, 0.29) is 12.1 Å². The second-order valence-electron chi connectivity index (χ2n) is 5.49. The summed E-state index contributed by atoms with van der Waals surface area (Å²) in [5.41, 5.74) is -0.411. The van der Waals surface area contributed by atoms with Gasteiger partial charge in [0.1, 0.15) is 5.60 Å². The molecule has 9 heteroatoms. The van der Waals surface area contributed by atoms with Gasteiger partial charge < -0.3 is 20.5 Å². The zero-order valence-electron chi connectivity index (χ0n) is 12.2. The summed E-state index contributed by atoms with van der Waals surface area (Å²) in [6.45, 7) is 7.49. The highest BCUT2D eigenvalue weighted by atomic mass is 19.4. The first kappa shape index (κ1) is 19.5. The number of nitrogens with one attached hydrogen (secondary N) is 2. The lowest BCUT2D eigenvalue weighted by Crippen LogP contribution is -2.47. The summed E-state index contributed by atoms with van der Waals surface area (Å²) in [6.07, 6.45) is -3.25. The fraction of sp³-hybridized carbons (Fsp3) is 0.833. The van der Waals surface area contributed by atoms with E-state index in [1.807, 2.05) is 20.8 Å². The zero-order valence-corrected chi connectivity index (χ0v) is 12.2. The Morgan fingerprint density at radius 3 is 2.14 bits per heavy atom. The van der Waals surface area contributed by atoms with Crippen LogP contribution >= 0.6 is 0 Å². The summed E-state index contributed by atoms with van der Waals surface area (Å²) in [6, 6.07) is 0.221. The number of aliphatic carboxylic acids is 1. The molecule has 0 spiro atoms. The minimum atomic E-state index is -5.08. The lowest BCUT2D eigenvalue weighted by Gasteiger charge is -2.26. The highest BCUT2D eigenvalue weighted by molar-refractivity contribution is 5.73. The monoisotopic (exact) mass is 314 g/mol. The molecule has 0 saturated carbocycles. The molecule has 0 aromatic heterocycles. The van der Waals surface area contributed by atoms with E-state index in [0.717, 1.165) is 25.9 Å². The highest BCUT2D eigenvalue weighted by Gasteiger charge is 2.38. The van der Waals surface area contributed by atoms with Gasteiger partial charge in [0.15, 0.2) is 0 Å². The Bertz CT molecular complexity index is 347. The van der Waals surface area contributed by atoms with E-state index < -0.39 is 17.7 Å². The van der Waals surface area contributed by atoms with Crippen LogP contribution in [0.25, 0.3) is 0 Å². The van der Waals surface area contributed by atoms with Gasteiger partial charge in [0.2, 0.25) is 0 Å². The molecule has 0 aromatic carbocycles. The number of rotatable bonds is 1. The fourth-order valence-electron chi connectivity index (χ4n) is 1.45. The van der Waals surface area contributed by atoms with Gasteiger partial charge in [-0.3, -0.25) is 0 Å². The number of alkyl halides is 3. The number of halogens is 3. The number of hydrogen-bond donors (Lipinski definition) is 3. The normalized spacial score (nSPS) is 19.0. The molecule has 6 nitrogen and oxygen atoms in total. The lowest BCUT2D eigenvalue weighted by molar-refractivity contribution is -0.192. The molecule has 0 radical (unpaired) electrons. The predicted octanol–water partition coefficient (Wildman–Crippen LogP) is 1.90. The van der Waals surface area contributed by atoms with Crippen LogP contribution in [0.1, 0.15) is 33.6 Å². The zero-order chi connectivity index (χ0) is 16.7. The molecule has 1 rings (SSSR count). The number of amides is 1. The van der Waals surface area contributed by atoms with Crippen molar-refractivity contribution in [3.05, 3.63) is 0 Å². The lowest BCUT2D eigenvalue weighted by atomic mass is 10.1. The Balaban J connectivity index is 0.000000486. The van der Waals surface area contributed by atoms with E-state index in [2.05, 4.69) is 10.6 Å². The summed E-state index contributed by atoms with van der Waals surface area (Å²) < 4.78 is 36.9. The van der Waals surface area contributed by atoms with E-state index in [4.69, 9.17) is 14.6 Å². The van der Waals surface area contributed by atoms with Crippen LogP contribution in [-0.4, -0.2) is 48.1 Å². The molecular weight excluding hydrogens is 293 g/mol. The number of piperidine rings is 1. The van der Waals surface area contributed by atoms with Crippen LogP contribution in [0.5, 0.6) is 0 Å². The Labute approximate surface area is 121 Å². The number of ether oxygens (including phenoxy) is 1. The number of alkyl carbamates (subject to hydrolysis) is 1. The summed E-state index contributed by atoms with van der Waals surface area (Å²) in [4.78, 5) is 20.3. The molecule has 0 aromatic rings. The van der Waals surface area contributed by atoms with Gasteiger partial charge in [-0.15, -0.1) is 0 Å². The van der Waals surface area contributed by atoms with Gasteiger partial charge in [-0.2, -0.15) is 13.2 Å². The van der Waals surface area contributed by atoms with Crippen molar-refractivity contribution in [1.82, 2.24) is 10.6 Å². The maximum Gasteiger partial charge on any atom is 0.490 e. The minimum absolute atomic E-state index is 0.221. The summed E-state index contributed by atoms with van der Waals surface area (Å²) in [7, 11) is 0. The Morgan fingerprint density at radius 1 is 1.29 bits per heavy atom. The highest BCUT2D eigenvalue weighted by Crippen LogP contribution is 2.13. The van der Waals surface area contributed by atoms with Crippen molar-refractivity contribution in [3.8, 4) is 0 Å². The van der Waals surface area contributed by atoms with Gasteiger partial charge in [-0.05, 0) is 40.2 Å². The van der Waals surface area contributed by atoms with Crippen molar-refractivity contribution in [2.45, 2.75) is 51.4 Å². The van der Waals surface area contributed by atoms with Crippen molar-refractivity contribution >= 4 is 12.1 Å². The SMILES string of the molecule is CC(C)(C)OC(=O)N[C@H]1CCCNC1.O=C(O)C(F)(F)F. The maximum atomic E-state index is 11.4. The van der Waals surface area contributed by atoms with E-state index >= 15 is 0 Å². The third kappa shape index (κ3) is 10.9. The molecule has 1 fully saturated rings. The maximum absolute atomic E-state index is 11.4. The second-order valence-corrected chi connectivity index (χ2v) is 5.49. The Kier molecular flexibility index (Phi) is 7.48. The molecule has 21 heavy (non-hydrogen) atoms. The molecule has 0 unspecified atom stereocenters. The van der Waals surface area contributed by atoms with E-state index in [1.165, 1.54) is 0 Å². The first-order valence-corrected chi connectivity index (χ1v) is 6.42. The second kappa shape index (κ2) is 8.06. The molecule has 1 saturated heterocycles. The molecule has 1 heterocycles. The van der Waals surface area contributed by atoms with Gasteiger partial charge in [0, 0.05) is 12.6 Å². The van der Waals surface area contributed by atoms with E-state index in [9.17, 15) is 18.0 Å². The van der Waals surface area contributed by atoms with Crippen LogP contribution in [-0.2, 0) is 9.53 Å². The largest absolute Gasteiger partial charge is 0.490 e. The van der Waals surface area contributed by atoms with Gasteiger partial charge >= 0.3 is 18.2 Å². The molecule has 3 N–H and O–H groups in total. The van der Waals surface area contributed by atoms with Crippen LogP contribution in [0.4, 0.5) is 18.0 Å². The molecule has 0 bridgehead atoms. The molecule has 124 valence electrons. The number of carboxylic acids is 1. The topological polar surface area (TPSA) is 87.7 Å². The number of carboxylic acid groups (broad SMARTS) is 1. The minimum Gasteiger partial charge on any atom is -0.475 e. The number of carbonyl (C=O) groups excluding carboxylic acids is 1. The van der Waals surface area contributed by atoms with Crippen molar-refractivity contribution in [3.63, 3.8) is 0 Å². The molecule has 1 aliphatic heterocycles. The van der Waals surface area contributed by atoms with Crippen molar-refractivity contribution in [1.29, 1.82) is 0 Å². The standard InChI is InChI=1S/C10H20N2O2.C2HF3O2/c1-10(2,3)14-9(13)12-8-5-4-6-11-7-8;3-2(4,5)1(6)7/h8,11H,4-7H2,1-3H3,(H,12,13);(H,6,7)/t8-;/m0./s1. The predicted molar refractivity (Wildman–Crippen MR) is 69.0 cm³/mol. The first-order valence-electron chi connectivity index (χ1n) is 6.42. The average Bonchev–Trinajstić information content (AvgIpc) is 2.26. The summed E-state index contributed by atoms with van der Waals surface area (Å²) in [5.74, 6) is -2.76. The van der Waals surface area contributed by atoms with Gasteiger partial charge in [0.25, 0.3) is 0 Å². The summed E-state index contributed by atoms with van der Waals surface area (Å²) >= 11 is 0. The third-order valence-electron chi connectivity index (χ3n) is 2.26. The summed E-state index contributed by atoms with van der Waals surface area (Å²) in [5, 5.41) is 13.2. The van der Waals surface area contributed by atoms with Crippen LogP contribution in [0, 0.1) is 0 Å². The average molecular weight is 314 g/mol. The first-order chi connectivity index (χ1) is 9.42. The number of hydrogen-bond acceptors (Lipinski definition) is 4. The van der Waals surface area contributed by atoms with Gasteiger partial charge in [-0.1, -0.05) is 0 Å². The molecule has 1 aliphatic rings. The molecule has 1 amide bonds. The molecule has 1 atom stereocenters. The smallest absolute Gasteiger partial charge is 0.475 e. The van der Waals surface area contributed by atoms with Crippen molar-refractivity contribution in [2.24, 2.45) is 0 Å². The third-order valence-corrected chi connectivity index (χ3v) is 2.26. The molecule has 0 aliphatic carbocycles. The van der Waals surface area contributed by atoms with Crippen LogP contribution in [0.15, 0.2) is 0 Å². The van der Waals surface area contributed by atoms with Crippen molar-refractivity contribution in [2.75, 3.05) is 13.1 Å². The Hall–Kier alpha value is -1.51. The van der Waals surface area contributed by atoms with Gasteiger partial charge in [0.05, 0.1) is 0 Å². The van der Waals surface area contributed by atoms with Crippen molar-refractivity contribution < 1.29 is 32.6 Å². The quantitative estimate of drug-likeness (QED) is 0.688. The van der Waals surface area contributed by atoms with E-state index in [0.29, 0.717) is 0 Å². The Morgan fingerprint density at radius 2 is 1.81 bits per heavy atom. The fourth-order valence-corrected chi connectivity index (χ4v) is 1.45. The van der Waals surface area contributed by atoms with E-state index in [1.54, 1.807) is 0 Å². The molecular formula is C12H21F3N2O4. The van der Waals surface area contributed by atoms with Crippen LogP contribution < -0.4 is 10.6 Å². The number of carbonyl (C=O) groups is 2. The van der Waals surface area contributed by atoms with Gasteiger partial charge in [-0.25, -0.2) is 9.59 Å².